The van der Waals surface area contributed by atoms with Crippen LogP contribution in [0.5, 0.6) is 0 Å². The van der Waals surface area contributed by atoms with Crippen LogP contribution in [0.2, 0.25) is 0 Å². The number of anilines is 2. The number of Topliss-reactive ketones (excluding diaryl/α,β-unsaturated/α-hetero) is 1. The molecule has 1 aromatic heterocycles. The summed E-state index contributed by atoms with van der Waals surface area (Å²) in [7, 11) is 0. The first kappa shape index (κ1) is 28.9. The van der Waals surface area contributed by atoms with Crippen molar-refractivity contribution in [1.82, 2.24) is 9.97 Å². The van der Waals surface area contributed by atoms with Gasteiger partial charge in [-0.2, -0.15) is 13.2 Å². The number of ketones is 1. The van der Waals surface area contributed by atoms with Crippen molar-refractivity contribution in [1.29, 1.82) is 0 Å². The molecule has 0 bridgehead atoms. The average molecular weight is 552 g/mol. The number of nitrogens with one attached hydrogen (secondary N) is 2. The van der Waals surface area contributed by atoms with E-state index in [-0.39, 0.29) is 17.9 Å². The molecule has 1 heterocycles. The summed E-state index contributed by atoms with van der Waals surface area (Å²) in [5.74, 6) is -0.547. The predicted molar refractivity (Wildman–Crippen MR) is 149 cm³/mol. The van der Waals surface area contributed by atoms with Crippen LogP contribution < -0.4 is 5.32 Å². The zero-order valence-corrected chi connectivity index (χ0v) is 22.3. The second-order valence-electron chi connectivity index (χ2n) is 10.2. The van der Waals surface area contributed by atoms with Crippen molar-refractivity contribution in [2.45, 2.75) is 58.0 Å². The number of carboxylic acid groups (broad SMARTS) is 1. The fourth-order valence-electron chi connectivity index (χ4n) is 5.11. The molecule has 0 atom stereocenters. The SMILES string of the molecule is C=C/C(=C\c1nc(Nc2ccc(-c3ccc(C(=O)CCC4(C(=O)O)CCCCC4)cc3)cc2)[nH]c1C)C(F)(F)F. The molecule has 0 aliphatic heterocycles. The highest BCUT2D eigenvalue weighted by Crippen LogP contribution is 2.41. The van der Waals surface area contributed by atoms with Gasteiger partial charge in [-0.3, -0.25) is 9.59 Å². The first-order valence-electron chi connectivity index (χ1n) is 13.2. The number of H-pyrrole nitrogens is 1. The van der Waals surface area contributed by atoms with Crippen molar-refractivity contribution in [2.24, 2.45) is 5.41 Å². The topological polar surface area (TPSA) is 95.1 Å². The zero-order valence-electron chi connectivity index (χ0n) is 22.3. The molecule has 1 saturated carbocycles. The number of carboxylic acids is 1. The van der Waals surface area contributed by atoms with E-state index in [2.05, 4.69) is 21.9 Å². The molecule has 3 N–H and O–H groups in total. The number of halogens is 3. The number of benzene rings is 2. The van der Waals surface area contributed by atoms with Crippen molar-refractivity contribution < 1.29 is 27.9 Å². The van der Waals surface area contributed by atoms with Gasteiger partial charge in [-0.15, -0.1) is 0 Å². The van der Waals surface area contributed by atoms with Crippen LogP contribution in [0.15, 0.2) is 66.8 Å². The van der Waals surface area contributed by atoms with E-state index in [0.717, 1.165) is 42.5 Å². The van der Waals surface area contributed by atoms with E-state index in [9.17, 15) is 27.9 Å². The van der Waals surface area contributed by atoms with Crippen LogP contribution >= 0.6 is 0 Å². The Morgan fingerprint density at radius 3 is 2.20 bits per heavy atom. The van der Waals surface area contributed by atoms with Gasteiger partial charge in [0.25, 0.3) is 0 Å². The fourth-order valence-corrected chi connectivity index (χ4v) is 5.11. The molecule has 0 radical (unpaired) electrons. The Bertz CT molecular complexity index is 1400. The lowest BCUT2D eigenvalue weighted by Crippen LogP contribution is -2.33. The van der Waals surface area contributed by atoms with Crippen LogP contribution in [-0.2, 0) is 4.79 Å². The van der Waals surface area contributed by atoms with E-state index in [4.69, 9.17) is 0 Å². The van der Waals surface area contributed by atoms with Crippen molar-refractivity contribution in [3.8, 4) is 11.1 Å². The minimum Gasteiger partial charge on any atom is -0.481 e. The monoisotopic (exact) mass is 551 g/mol. The molecule has 0 unspecified atom stereocenters. The third kappa shape index (κ3) is 6.70. The standard InChI is InChI=1S/C31H32F3N3O3/c1-3-24(31(32,33)34)19-26-20(2)35-29(37-26)36-25-13-11-22(12-14-25)21-7-9-23(10-8-21)27(38)15-18-30(28(39)40)16-5-4-6-17-30/h3,7-14,19H,1,4-6,15-18H2,2H3,(H,39,40)(H2,35,36,37)/b24-19+. The highest BCUT2D eigenvalue weighted by atomic mass is 19.4. The number of alkyl halides is 3. The number of aromatic amines is 1. The van der Waals surface area contributed by atoms with E-state index in [1.54, 1.807) is 19.1 Å². The number of nitrogens with zero attached hydrogens (tertiary/aromatic N) is 1. The van der Waals surface area contributed by atoms with Gasteiger partial charge in [0.1, 0.15) is 0 Å². The Labute approximate surface area is 231 Å². The maximum Gasteiger partial charge on any atom is 0.416 e. The molecule has 1 aliphatic rings. The number of rotatable bonds is 10. The number of carbonyl (C=O) groups is 2. The van der Waals surface area contributed by atoms with Crippen molar-refractivity contribution in [2.75, 3.05) is 5.32 Å². The van der Waals surface area contributed by atoms with Gasteiger partial charge in [-0.1, -0.05) is 68.3 Å². The van der Waals surface area contributed by atoms with Crippen molar-refractivity contribution in [3.05, 3.63) is 83.7 Å². The smallest absolute Gasteiger partial charge is 0.416 e. The number of carbonyl (C=O) groups excluding carboxylic acids is 1. The van der Waals surface area contributed by atoms with Crippen LogP contribution in [0.1, 0.15) is 66.7 Å². The van der Waals surface area contributed by atoms with E-state index >= 15 is 0 Å². The largest absolute Gasteiger partial charge is 0.481 e. The molecule has 3 aromatic rings. The van der Waals surface area contributed by atoms with Crippen LogP contribution in [0.4, 0.5) is 24.8 Å². The maximum atomic E-state index is 13.0. The number of hydrogen-bond donors (Lipinski definition) is 3. The molecule has 210 valence electrons. The number of imidazole rings is 1. The molecule has 1 aliphatic carbocycles. The molecule has 0 saturated heterocycles. The molecule has 4 rings (SSSR count). The van der Waals surface area contributed by atoms with E-state index in [0.29, 0.717) is 42.2 Å². The third-order valence-electron chi connectivity index (χ3n) is 7.54. The van der Waals surface area contributed by atoms with Gasteiger partial charge in [-0.25, -0.2) is 4.98 Å². The highest BCUT2D eigenvalue weighted by molar-refractivity contribution is 5.96. The van der Waals surface area contributed by atoms with Gasteiger partial charge in [0.15, 0.2) is 5.78 Å². The summed E-state index contributed by atoms with van der Waals surface area (Å²) in [6.45, 7) is 4.87. The lowest BCUT2D eigenvalue weighted by atomic mass is 9.71. The van der Waals surface area contributed by atoms with Gasteiger partial charge in [0.05, 0.1) is 16.7 Å². The van der Waals surface area contributed by atoms with Crippen molar-refractivity contribution >= 4 is 29.5 Å². The predicted octanol–water partition coefficient (Wildman–Crippen LogP) is 8.26. The summed E-state index contributed by atoms with van der Waals surface area (Å²) in [4.78, 5) is 31.8. The lowest BCUT2D eigenvalue weighted by molar-refractivity contribution is -0.151. The summed E-state index contributed by atoms with van der Waals surface area (Å²) >= 11 is 0. The second-order valence-corrected chi connectivity index (χ2v) is 10.2. The summed E-state index contributed by atoms with van der Waals surface area (Å²) in [6, 6.07) is 14.6. The summed E-state index contributed by atoms with van der Waals surface area (Å²) < 4.78 is 39.1. The minimum atomic E-state index is -4.51. The van der Waals surface area contributed by atoms with Gasteiger partial charge < -0.3 is 15.4 Å². The van der Waals surface area contributed by atoms with Gasteiger partial charge in [0.2, 0.25) is 5.95 Å². The molecule has 9 heteroatoms. The molecular weight excluding hydrogens is 519 g/mol. The van der Waals surface area contributed by atoms with E-state index in [1.807, 2.05) is 36.4 Å². The number of aromatic nitrogens is 2. The first-order valence-corrected chi connectivity index (χ1v) is 13.2. The van der Waals surface area contributed by atoms with Crippen LogP contribution in [-0.4, -0.2) is 33.0 Å². The summed E-state index contributed by atoms with van der Waals surface area (Å²) in [6.07, 6.45) is 1.85. The molecular formula is C31H32F3N3O3. The average Bonchev–Trinajstić information content (AvgIpc) is 3.28. The Morgan fingerprint density at radius 2 is 1.65 bits per heavy atom. The Morgan fingerprint density at radius 1 is 1.05 bits per heavy atom. The zero-order chi connectivity index (χ0) is 28.9. The maximum absolute atomic E-state index is 13.0. The van der Waals surface area contributed by atoms with Crippen LogP contribution in [0.25, 0.3) is 17.2 Å². The quantitative estimate of drug-likeness (QED) is 0.174. The van der Waals surface area contributed by atoms with Gasteiger partial charge >= 0.3 is 12.1 Å². The highest BCUT2D eigenvalue weighted by Gasteiger charge is 2.39. The molecule has 1 fully saturated rings. The minimum absolute atomic E-state index is 0.0595. The molecule has 2 aromatic carbocycles. The van der Waals surface area contributed by atoms with Crippen LogP contribution in [0, 0.1) is 12.3 Å². The van der Waals surface area contributed by atoms with Gasteiger partial charge in [0, 0.05) is 23.4 Å². The number of aliphatic carboxylic acids is 1. The first-order chi connectivity index (χ1) is 19.0. The van der Waals surface area contributed by atoms with E-state index in [1.165, 1.54) is 0 Å². The lowest BCUT2D eigenvalue weighted by Gasteiger charge is -2.33. The van der Waals surface area contributed by atoms with Crippen molar-refractivity contribution in [3.63, 3.8) is 0 Å². The molecule has 0 amide bonds. The number of aryl methyl sites for hydroxylation is 1. The second kappa shape index (κ2) is 11.9. The fraction of sp³-hybridized carbons (Fsp3) is 0.323. The Hall–Kier alpha value is -4.14. The summed E-state index contributed by atoms with van der Waals surface area (Å²) in [5.41, 5.74) is 2.05. The Balaban J connectivity index is 1.39. The van der Waals surface area contributed by atoms with E-state index < -0.39 is 23.1 Å². The molecule has 6 nitrogen and oxygen atoms in total. The van der Waals surface area contributed by atoms with Gasteiger partial charge in [-0.05, 0) is 55.5 Å². The Kier molecular flexibility index (Phi) is 8.61. The molecule has 40 heavy (non-hydrogen) atoms. The number of allylic oxidation sites excluding steroid dienone is 2. The van der Waals surface area contributed by atoms with Crippen LogP contribution in [0.3, 0.4) is 0 Å². The molecule has 0 spiro atoms. The normalized spacial score (nSPS) is 15.4. The number of hydrogen-bond acceptors (Lipinski definition) is 4. The summed E-state index contributed by atoms with van der Waals surface area (Å²) in [5, 5.41) is 12.8. The third-order valence-corrected chi connectivity index (χ3v) is 7.54.